The summed E-state index contributed by atoms with van der Waals surface area (Å²) in [7, 11) is 0. The van der Waals surface area contributed by atoms with Gasteiger partial charge in [0.05, 0.1) is 57.9 Å². The van der Waals surface area contributed by atoms with E-state index in [9.17, 15) is 11.0 Å². The van der Waals surface area contributed by atoms with Crippen LogP contribution in [-0.4, -0.2) is 80.3 Å². The number of esters is 2. The lowest BCUT2D eigenvalue weighted by Gasteiger charge is -2.47. The second kappa shape index (κ2) is 22.2. The highest BCUT2D eigenvalue weighted by Crippen LogP contribution is 2.35. The molecule has 11 nitrogen and oxygen atoms in total. The van der Waals surface area contributed by atoms with E-state index in [1.807, 2.05) is 128 Å². The topological polar surface area (TPSA) is 117 Å². The second-order valence-electron chi connectivity index (χ2n) is 17.9. The van der Waals surface area contributed by atoms with E-state index < -0.39 is 84.5 Å². The fraction of sp³-hybridized carbons (Fsp3) is 0.490. The van der Waals surface area contributed by atoms with Crippen molar-refractivity contribution in [3.8, 4) is 0 Å². The van der Waals surface area contributed by atoms with Gasteiger partial charge in [-0.3, -0.25) is 9.59 Å². The molecule has 62 heavy (non-hydrogen) atoms. The molecule has 0 N–H and O–H groups in total. The summed E-state index contributed by atoms with van der Waals surface area (Å²) in [6, 6.07) is 38.9. The number of carbonyl (C=O) groups is 2. The van der Waals surface area contributed by atoms with Gasteiger partial charge in [-0.2, -0.15) is 0 Å². The van der Waals surface area contributed by atoms with Gasteiger partial charge < -0.3 is 42.6 Å². The molecule has 4 aromatic rings. The summed E-state index contributed by atoms with van der Waals surface area (Å²) in [5.74, 6) is -0.981. The Balaban J connectivity index is 1.33. The molecule has 0 aliphatic carbocycles. The minimum atomic E-state index is -1.37. The first-order valence-corrected chi connectivity index (χ1v) is 21.6. The highest BCUT2D eigenvalue weighted by Gasteiger charge is 2.52. The van der Waals surface area contributed by atoms with Crippen molar-refractivity contribution in [1.82, 2.24) is 0 Å². The number of rotatable bonds is 18. The molecule has 5 unspecified atom stereocenters. The molecule has 4 aromatic carbocycles. The number of benzene rings is 4. The maximum absolute atomic E-state index is 13.8. The van der Waals surface area contributed by atoms with Gasteiger partial charge in [-0.05, 0) is 70.2 Å². The normalized spacial score (nSPS) is 26.9. The first-order chi connectivity index (χ1) is 30.2. The third kappa shape index (κ3) is 13.3. The molecule has 2 aliphatic heterocycles. The lowest BCUT2D eigenvalue weighted by atomic mass is 9.94. The maximum Gasteiger partial charge on any atom is 0.311 e. The van der Waals surface area contributed by atoms with Gasteiger partial charge in [-0.25, -0.2) is 0 Å². The summed E-state index contributed by atoms with van der Waals surface area (Å²) < 4.78 is 68.1. The van der Waals surface area contributed by atoms with E-state index in [0.717, 1.165) is 22.3 Å². The fourth-order valence-corrected chi connectivity index (χ4v) is 7.07. The third-order valence-corrected chi connectivity index (χ3v) is 10.7. The average molecular weight is 854 g/mol. The molecular weight excluding hydrogens is 789 g/mol. The molecule has 0 radical (unpaired) electrons. The molecule has 10 atom stereocenters. The lowest BCUT2D eigenvalue weighted by Crippen LogP contribution is -2.62. The van der Waals surface area contributed by atoms with E-state index in [-0.39, 0.29) is 33.0 Å². The minimum Gasteiger partial charge on any atom is -0.457 e. The van der Waals surface area contributed by atoms with Crippen molar-refractivity contribution in [1.29, 1.82) is 0 Å². The zero-order valence-electron chi connectivity index (χ0n) is 38.1. The van der Waals surface area contributed by atoms with E-state index in [0.29, 0.717) is 6.42 Å². The summed E-state index contributed by atoms with van der Waals surface area (Å²) in [6.07, 6.45) is -7.66. The van der Waals surface area contributed by atoms with Crippen LogP contribution in [0.3, 0.4) is 0 Å². The van der Waals surface area contributed by atoms with E-state index in [2.05, 4.69) is 0 Å². The summed E-state index contributed by atoms with van der Waals surface area (Å²) in [5, 5.41) is 0. The van der Waals surface area contributed by atoms with Crippen molar-refractivity contribution in [3.05, 3.63) is 144 Å². The highest BCUT2D eigenvalue weighted by atomic mass is 16.7. The van der Waals surface area contributed by atoms with Gasteiger partial charge in [-0.15, -0.1) is 0 Å². The molecule has 2 fully saturated rings. The zero-order chi connectivity index (χ0) is 45.0. The van der Waals surface area contributed by atoms with Crippen LogP contribution in [0, 0.1) is 10.8 Å². The van der Waals surface area contributed by atoms with Crippen molar-refractivity contribution in [2.75, 3.05) is 13.2 Å². The van der Waals surface area contributed by atoms with Crippen LogP contribution in [0.5, 0.6) is 0 Å². The Labute approximate surface area is 368 Å². The van der Waals surface area contributed by atoms with Gasteiger partial charge in [-0.1, -0.05) is 128 Å². The van der Waals surface area contributed by atoms with E-state index >= 15 is 0 Å². The molecular formula is C51H64O11. The summed E-state index contributed by atoms with van der Waals surface area (Å²) >= 11 is 0. The quantitative estimate of drug-likeness (QED) is 0.0895. The van der Waals surface area contributed by atoms with Crippen LogP contribution in [0.25, 0.3) is 0 Å². The Morgan fingerprint density at radius 1 is 0.532 bits per heavy atom. The van der Waals surface area contributed by atoms with Gasteiger partial charge in [0.25, 0.3) is 0 Å². The molecule has 2 saturated heterocycles. The van der Waals surface area contributed by atoms with E-state index in [1.165, 1.54) is 0 Å². The molecule has 0 bridgehead atoms. The van der Waals surface area contributed by atoms with E-state index in [1.54, 1.807) is 41.5 Å². The molecule has 6 rings (SSSR count). The standard InChI is InChI=1S/C51H64O11/c1-8-39-42(55-29-35-21-13-9-14-22-35)45(58-32-38-27-19-12-20-28-38)46(62-49(53)51(5,6)7)47(60-39)59-33-40-43(56-30-36-23-15-10-16-24-36)44(57-31-37-25-17-11-18-26-37)41(34-54-40)61-48(52)50(2,3)4/h9-28,39-47H,8,29-34H2,1-7H3/t39?,40?,41?,42-,43-,44-,45-,46?,47+/m0/s1/i34D/t34?,39?,40?,41?,42-,43-,44-,45-,46?,47+. The molecule has 0 saturated carbocycles. The van der Waals surface area contributed by atoms with Gasteiger partial charge in [0, 0.05) is 0 Å². The predicted molar refractivity (Wildman–Crippen MR) is 233 cm³/mol. The van der Waals surface area contributed by atoms with Crippen molar-refractivity contribution in [2.24, 2.45) is 10.8 Å². The van der Waals surface area contributed by atoms with Crippen molar-refractivity contribution >= 4 is 11.9 Å². The maximum atomic E-state index is 13.8. The van der Waals surface area contributed by atoms with Crippen LogP contribution in [0.1, 0.15) is 78.5 Å². The molecule has 0 aromatic heterocycles. The van der Waals surface area contributed by atoms with Crippen LogP contribution < -0.4 is 0 Å². The average Bonchev–Trinajstić information content (AvgIpc) is 3.27. The summed E-state index contributed by atoms with van der Waals surface area (Å²) in [4.78, 5) is 27.2. The molecule has 2 aliphatic rings. The number of hydrogen-bond donors (Lipinski definition) is 0. The molecule has 2 heterocycles. The minimum absolute atomic E-state index is 0.153. The number of hydrogen-bond acceptors (Lipinski definition) is 11. The van der Waals surface area contributed by atoms with Crippen LogP contribution in [0.4, 0.5) is 0 Å². The Morgan fingerprint density at radius 2 is 0.919 bits per heavy atom. The van der Waals surface area contributed by atoms with Gasteiger partial charge in [0.2, 0.25) is 0 Å². The molecule has 0 amide bonds. The van der Waals surface area contributed by atoms with Crippen molar-refractivity contribution < 1.29 is 53.6 Å². The van der Waals surface area contributed by atoms with Crippen LogP contribution in [-0.2, 0) is 78.6 Å². The van der Waals surface area contributed by atoms with Gasteiger partial charge in [0.1, 0.15) is 30.5 Å². The Morgan fingerprint density at radius 3 is 1.34 bits per heavy atom. The Hall–Kier alpha value is -4.46. The Kier molecular flexibility index (Phi) is 16.3. The largest absolute Gasteiger partial charge is 0.457 e. The molecule has 11 heteroatoms. The summed E-state index contributed by atoms with van der Waals surface area (Å²) in [6.45, 7) is 11.9. The first-order valence-electron chi connectivity index (χ1n) is 22.2. The van der Waals surface area contributed by atoms with Gasteiger partial charge in [0.15, 0.2) is 18.5 Å². The highest BCUT2D eigenvalue weighted by molar-refractivity contribution is 5.76. The van der Waals surface area contributed by atoms with Crippen LogP contribution >= 0.6 is 0 Å². The van der Waals surface area contributed by atoms with Crippen LogP contribution in [0.2, 0.25) is 0 Å². The molecule has 0 spiro atoms. The summed E-state index contributed by atoms with van der Waals surface area (Å²) in [5.41, 5.74) is 1.94. The number of carbonyl (C=O) groups excluding carboxylic acids is 2. The lowest BCUT2D eigenvalue weighted by molar-refractivity contribution is -0.326. The van der Waals surface area contributed by atoms with Crippen molar-refractivity contribution in [2.45, 2.75) is 136 Å². The Bertz CT molecular complexity index is 1970. The smallest absolute Gasteiger partial charge is 0.311 e. The van der Waals surface area contributed by atoms with E-state index in [4.69, 9.17) is 42.6 Å². The third-order valence-electron chi connectivity index (χ3n) is 10.7. The predicted octanol–water partition coefficient (Wildman–Crippen LogP) is 8.79. The van der Waals surface area contributed by atoms with Gasteiger partial charge >= 0.3 is 11.9 Å². The second-order valence-corrected chi connectivity index (χ2v) is 17.9. The first kappa shape index (κ1) is 45.6. The fourth-order valence-electron chi connectivity index (χ4n) is 7.07. The van der Waals surface area contributed by atoms with Crippen molar-refractivity contribution in [3.63, 3.8) is 0 Å². The monoisotopic (exact) mass is 853 g/mol. The SMILES string of the molecule is [2H]C1OC(CO[C@@H]2OC(CC)[C@H](OCc3ccccc3)[C@H](OCc3ccccc3)C2OC(=O)C(C)(C)C)[C@H](OCc2ccccc2)[C@@H](OCc2ccccc2)C1OC(=O)C(C)(C)C. The number of ether oxygens (including phenoxy) is 9. The molecule has 334 valence electrons. The van der Waals surface area contributed by atoms with Crippen LogP contribution in [0.15, 0.2) is 121 Å². The zero-order valence-corrected chi connectivity index (χ0v) is 37.1.